The van der Waals surface area contributed by atoms with E-state index in [1.807, 2.05) is 31.2 Å². The Kier molecular flexibility index (Phi) is 12.6. The first-order chi connectivity index (χ1) is 16.9. The molecule has 0 unspecified atom stereocenters. The third-order valence-electron chi connectivity index (χ3n) is 6.33. The van der Waals surface area contributed by atoms with Crippen LogP contribution in [0.2, 0.25) is 0 Å². The van der Waals surface area contributed by atoms with Gasteiger partial charge < -0.3 is 4.90 Å². The van der Waals surface area contributed by atoms with E-state index in [0.29, 0.717) is 11.0 Å². The molecule has 1 saturated heterocycles. The van der Waals surface area contributed by atoms with Gasteiger partial charge in [-0.15, -0.1) is 0 Å². The third kappa shape index (κ3) is 9.87. The van der Waals surface area contributed by atoms with E-state index < -0.39 is 0 Å². The van der Waals surface area contributed by atoms with Crippen LogP contribution in [0.15, 0.2) is 96.2 Å². The lowest BCUT2D eigenvalue weighted by Crippen LogP contribution is -2.34. The number of rotatable bonds is 12. The van der Waals surface area contributed by atoms with Gasteiger partial charge in [-0.3, -0.25) is 4.68 Å². The summed E-state index contributed by atoms with van der Waals surface area (Å²) in [6.45, 7) is 20.1. The molecule has 1 fully saturated rings. The molecule has 0 saturated carbocycles. The van der Waals surface area contributed by atoms with Crippen LogP contribution in [-0.2, 0) is 6.54 Å². The summed E-state index contributed by atoms with van der Waals surface area (Å²) in [5.41, 5.74) is 6.15. The predicted molar refractivity (Wildman–Crippen MR) is 155 cm³/mol. The van der Waals surface area contributed by atoms with Crippen LogP contribution in [0.3, 0.4) is 0 Å². The highest BCUT2D eigenvalue weighted by molar-refractivity contribution is 6.31. The monoisotopic (exact) mass is 491 g/mol. The molecule has 0 amide bonds. The lowest BCUT2D eigenvalue weighted by Gasteiger charge is -2.32. The maximum absolute atomic E-state index is 6.11. The van der Waals surface area contributed by atoms with Crippen molar-refractivity contribution in [2.45, 2.75) is 59.4 Å². The van der Waals surface area contributed by atoms with E-state index in [-0.39, 0.29) is 0 Å². The highest BCUT2D eigenvalue weighted by Gasteiger charge is 2.24. The largest absolute Gasteiger partial charge is 0.303 e. The molecule has 0 aromatic carbocycles. The van der Waals surface area contributed by atoms with Gasteiger partial charge >= 0.3 is 0 Å². The number of piperidine rings is 1. The fraction of sp³-hybridized carbons (Fsp3) is 0.387. The summed E-state index contributed by atoms with van der Waals surface area (Å²) in [4.78, 5) is 2.59. The van der Waals surface area contributed by atoms with E-state index in [4.69, 9.17) is 16.7 Å². The number of halogens is 1. The van der Waals surface area contributed by atoms with Crippen LogP contribution >= 0.6 is 11.6 Å². The maximum Gasteiger partial charge on any atom is 0.0883 e. The quantitative estimate of drug-likeness (QED) is 0.274. The number of allylic oxidation sites excluding steroid dienone is 13. The first-order valence-corrected chi connectivity index (χ1v) is 13.0. The highest BCUT2D eigenvalue weighted by Crippen LogP contribution is 2.31. The van der Waals surface area contributed by atoms with Crippen LogP contribution in [0.5, 0.6) is 0 Å². The Morgan fingerprint density at radius 2 is 1.74 bits per heavy atom. The summed E-state index contributed by atoms with van der Waals surface area (Å²) in [6.07, 6.45) is 23.3. The van der Waals surface area contributed by atoms with Crippen LogP contribution in [0.25, 0.3) is 5.57 Å². The molecular weight excluding hydrogens is 450 g/mol. The molecular formula is C31H42ClN3. The Balaban J connectivity index is 2.15. The number of likely N-dealkylation sites (tertiary alicyclic amines) is 1. The Labute approximate surface area is 218 Å². The van der Waals surface area contributed by atoms with E-state index in [9.17, 15) is 0 Å². The molecule has 1 aromatic heterocycles. The van der Waals surface area contributed by atoms with Gasteiger partial charge in [0.15, 0.2) is 0 Å². The van der Waals surface area contributed by atoms with Crippen molar-refractivity contribution in [1.29, 1.82) is 0 Å². The Hall–Kier alpha value is -2.62. The van der Waals surface area contributed by atoms with Gasteiger partial charge in [0.2, 0.25) is 0 Å². The zero-order valence-electron chi connectivity index (χ0n) is 22.0. The van der Waals surface area contributed by atoms with Gasteiger partial charge in [0.25, 0.3) is 0 Å². The molecule has 1 aliphatic rings. The Morgan fingerprint density at radius 1 is 1.03 bits per heavy atom. The minimum absolute atomic E-state index is 0.522. The lowest BCUT2D eigenvalue weighted by molar-refractivity contribution is 0.211. The fourth-order valence-electron chi connectivity index (χ4n) is 4.16. The van der Waals surface area contributed by atoms with Gasteiger partial charge in [-0.2, -0.15) is 5.10 Å². The summed E-state index contributed by atoms with van der Waals surface area (Å²) in [5.74, 6) is 0.522. The molecule has 0 bridgehead atoms. The average molecular weight is 492 g/mol. The summed E-state index contributed by atoms with van der Waals surface area (Å²) < 4.78 is 2.21. The zero-order chi connectivity index (χ0) is 25.6. The van der Waals surface area contributed by atoms with Gasteiger partial charge in [0.1, 0.15) is 0 Å². The van der Waals surface area contributed by atoms with Crippen LogP contribution in [0.1, 0.15) is 64.3 Å². The second kappa shape index (κ2) is 15.4. The molecule has 1 aromatic rings. The van der Waals surface area contributed by atoms with Crippen molar-refractivity contribution in [2.75, 3.05) is 19.6 Å². The summed E-state index contributed by atoms with van der Waals surface area (Å²) in [6, 6.07) is 2.28. The van der Waals surface area contributed by atoms with Crippen molar-refractivity contribution in [1.82, 2.24) is 14.7 Å². The molecule has 0 aliphatic carbocycles. The van der Waals surface area contributed by atoms with Gasteiger partial charge in [-0.25, -0.2) is 0 Å². The first kappa shape index (κ1) is 28.6. The van der Waals surface area contributed by atoms with Crippen LogP contribution < -0.4 is 0 Å². The topological polar surface area (TPSA) is 21.1 Å². The average Bonchev–Trinajstić information content (AvgIpc) is 3.28. The molecule has 4 heteroatoms. The minimum atomic E-state index is 0.522. The maximum atomic E-state index is 6.11. The summed E-state index contributed by atoms with van der Waals surface area (Å²) in [7, 11) is 0. The second-order valence-corrected chi connectivity index (χ2v) is 9.69. The standard InChI is InChI=1S/C31H42ClN3/c1-7-10-12-14-25(4)17-20-34-21-18-28(19-22-34)31-23-30(27(6)15-16-29(32)9-3)33-35(31)24-26(5)13-11-8-2/h7-16,23,28H,1,3,17-22,24H2,2,4-6H3/b11-8-,12-10-,25-14+,26-13+,27-15+,29-16+. The molecule has 3 nitrogen and oxygen atoms in total. The van der Waals surface area contributed by atoms with E-state index in [1.54, 1.807) is 6.08 Å². The number of hydrogen-bond donors (Lipinski definition) is 0. The summed E-state index contributed by atoms with van der Waals surface area (Å²) in [5, 5.41) is 5.63. The molecule has 2 rings (SSSR count). The SMILES string of the molecule is C=C/C=C\C=C(/C)CCN1CCC(c2cc(/C(C)=C/C=C(/Cl)C=C)nn2C/C(C)=C/C=C\C)CC1. The van der Waals surface area contributed by atoms with Crippen LogP contribution in [0, 0.1) is 0 Å². The molecule has 2 heterocycles. The van der Waals surface area contributed by atoms with E-state index in [1.165, 1.54) is 16.8 Å². The highest BCUT2D eigenvalue weighted by atomic mass is 35.5. The Bertz CT molecular complexity index is 1020. The van der Waals surface area contributed by atoms with Crippen molar-refractivity contribution in [3.05, 3.63) is 108 Å². The number of hydrogen-bond acceptors (Lipinski definition) is 2. The third-order valence-corrected chi connectivity index (χ3v) is 6.61. The van der Waals surface area contributed by atoms with Gasteiger partial charge in [0.05, 0.1) is 12.2 Å². The molecule has 188 valence electrons. The number of nitrogens with zero attached hydrogens (tertiary/aromatic N) is 3. The molecule has 0 radical (unpaired) electrons. The van der Waals surface area contributed by atoms with E-state index in [2.05, 4.69) is 80.0 Å². The van der Waals surface area contributed by atoms with Crippen molar-refractivity contribution >= 4 is 17.2 Å². The smallest absolute Gasteiger partial charge is 0.0883 e. The molecule has 1 aliphatic heterocycles. The minimum Gasteiger partial charge on any atom is -0.303 e. The van der Waals surface area contributed by atoms with Crippen LogP contribution in [-0.4, -0.2) is 34.3 Å². The lowest BCUT2D eigenvalue weighted by atomic mass is 9.92. The molecule has 0 spiro atoms. The molecule has 0 atom stereocenters. The fourth-order valence-corrected chi connectivity index (χ4v) is 4.22. The molecule has 35 heavy (non-hydrogen) atoms. The predicted octanol–water partition coefficient (Wildman–Crippen LogP) is 8.38. The number of aromatic nitrogens is 2. The van der Waals surface area contributed by atoms with Gasteiger partial charge in [0, 0.05) is 23.2 Å². The Morgan fingerprint density at radius 3 is 2.40 bits per heavy atom. The van der Waals surface area contributed by atoms with Crippen LogP contribution in [0.4, 0.5) is 0 Å². The van der Waals surface area contributed by atoms with Gasteiger partial charge in [-0.05, 0) is 77.8 Å². The second-order valence-electron chi connectivity index (χ2n) is 9.26. The zero-order valence-corrected chi connectivity index (χ0v) is 22.8. The normalized spacial score (nSPS) is 17.6. The van der Waals surface area contributed by atoms with Crippen molar-refractivity contribution in [3.63, 3.8) is 0 Å². The molecule has 0 N–H and O–H groups in total. The van der Waals surface area contributed by atoms with Gasteiger partial charge in [-0.1, -0.05) is 90.6 Å². The van der Waals surface area contributed by atoms with Crippen molar-refractivity contribution in [2.24, 2.45) is 0 Å². The van der Waals surface area contributed by atoms with Crippen molar-refractivity contribution in [3.8, 4) is 0 Å². The summed E-state index contributed by atoms with van der Waals surface area (Å²) >= 11 is 6.11. The van der Waals surface area contributed by atoms with Crippen molar-refractivity contribution < 1.29 is 0 Å². The van der Waals surface area contributed by atoms with E-state index in [0.717, 1.165) is 56.7 Å². The van der Waals surface area contributed by atoms with E-state index >= 15 is 0 Å². The first-order valence-electron chi connectivity index (χ1n) is 12.6.